The van der Waals surface area contributed by atoms with Gasteiger partial charge in [0, 0.05) is 23.1 Å². The lowest BCUT2D eigenvalue weighted by Gasteiger charge is -2.23. The molecule has 2 aromatic heterocycles. The molecule has 0 bridgehead atoms. The Balaban J connectivity index is 1.61. The van der Waals surface area contributed by atoms with Crippen LogP contribution in [0.25, 0.3) is 22.2 Å². The number of hydrogen-bond donors (Lipinski definition) is 0. The van der Waals surface area contributed by atoms with E-state index in [9.17, 15) is 5.26 Å². The molecule has 0 radical (unpaired) electrons. The molecular weight excluding hydrogens is 454 g/mol. The fraction of sp³-hybridized carbons (Fsp3) is 0.357. The van der Waals surface area contributed by atoms with Gasteiger partial charge in [0.05, 0.1) is 36.1 Å². The number of nitrogens with zero attached hydrogens (tertiary/aromatic N) is 5. The molecule has 0 N–H and O–H groups in total. The second-order valence-electron chi connectivity index (χ2n) is 9.14. The molecule has 1 fully saturated rings. The van der Waals surface area contributed by atoms with E-state index in [0.717, 1.165) is 70.6 Å². The van der Waals surface area contributed by atoms with E-state index in [1.54, 1.807) is 19.4 Å². The molecule has 2 aromatic carbocycles. The number of nitriles is 1. The van der Waals surface area contributed by atoms with Gasteiger partial charge in [-0.1, -0.05) is 0 Å². The number of methoxy groups -OCH3 is 1. The first kappa shape index (κ1) is 23.8. The summed E-state index contributed by atoms with van der Waals surface area (Å²) in [6, 6.07) is 13.7. The third kappa shape index (κ3) is 4.50. The molecule has 2 atom stereocenters. The van der Waals surface area contributed by atoms with Crippen LogP contribution in [0.3, 0.4) is 0 Å². The van der Waals surface area contributed by atoms with Crippen LogP contribution in [0.15, 0.2) is 42.6 Å². The van der Waals surface area contributed by atoms with E-state index in [0.29, 0.717) is 11.3 Å². The Morgan fingerprint density at radius 2 is 2.00 bits per heavy atom. The van der Waals surface area contributed by atoms with Crippen molar-refractivity contribution in [3.8, 4) is 28.8 Å². The van der Waals surface area contributed by atoms with Crippen LogP contribution in [0.5, 0.6) is 11.5 Å². The molecule has 184 valence electrons. The van der Waals surface area contributed by atoms with Crippen molar-refractivity contribution in [1.82, 2.24) is 20.0 Å². The fourth-order valence-corrected chi connectivity index (χ4v) is 4.95. The van der Waals surface area contributed by atoms with Crippen LogP contribution < -0.4 is 9.47 Å². The number of benzene rings is 2. The van der Waals surface area contributed by atoms with Crippen LogP contribution in [0.4, 0.5) is 0 Å². The lowest BCUT2D eigenvalue weighted by atomic mass is 10.0. The van der Waals surface area contributed by atoms with Crippen molar-refractivity contribution < 1.29 is 14.2 Å². The molecule has 0 spiro atoms. The Morgan fingerprint density at radius 3 is 2.72 bits per heavy atom. The molecule has 0 saturated carbocycles. The van der Waals surface area contributed by atoms with E-state index >= 15 is 0 Å². The van der Waals surface area contributed by atoms with Gasteiger partial charge in [0.25, 0.3) is 0 Å². The van der Waals surface area contributed by atoms with Gasteiger partial charge in [0.1, 0.15) is 23.3 Å². The van der Waals surface area contributed by atoms with E-state index in [1.165, 1.54) is 0 Å². The Hall–Kier alpha value is -3.96. The monoisotopic (exact) mass is 483 g/mol. The van der Waals surface area contributed by atoms with Gasteiger partial charge in [-0.3, -0.25) is 0 Å². The number of hydrogen-bond acceptors (Lipinski definition) is 7. The maximum absolute atomic E-state index is 9.57. The molecule has 0 aliphatic carbocycles. The van der Waals surface area contributed by atoms with Crippen molar-refractivity contribution in [2.24, 2.45) is 0 Å². The molecule has 4 aromatic rings. The molecule has 1 unspecified atom stereocenters. The minimum absolute atomic E-state index is 0.130. The topological polar surface area (TPSA) is 95.1 Å². The number of aryl methyl sites for hydroxylation is 2. The van der Waals surface area contributed by atoms with Crippen molar-refractivity contribution in [2.45, 2.75) is 52.4 Å². The van der Waals surface area contributed by atoms with Gasteiger partial charge in [-0.25, -0.2) is 4.68 Å². The molecule has 0 amide bonds. The Labute approximate surface area is 210 Å². The molecule has 1 aliphatic rings. The fourth-order valence-electron chi connectivity index (χ4n) is 4.95. The first-order valence-corrected chi connectivity index (χ1v) is 12.2. The quantitative estimate of drug-likeness (QED) is 0.340. The smallest absolute Gasteiger partial charge is 0.150 e. The molecule has 3 heterocycles. The third-order valence-electron chi connectivity index (χ3n) is 6.64. The molecule has 8 heteroatoms. The maximum atomic E-state index is 9.57. The summed E-state index contributed by atoms with van der Waals surface area (Å²) in [4.78, 5) is 0. The summed E-state index contributed by atoms with van der Waals surface area (Å²) in [6.07, 6.45) is 4.47. The SMILES string of the molecule is COc1cc(C#N)cc(-c2nn(C3CCCCO3)c3ccc(O[C@@H](C)c4c(C)cnnc4C)cc23)c1. The Kier molecular flexibility index (Phi) is 6.57. The molecule has 5 rings (SSSR count). The molecule has 1 aliphatic heterocycles. The molecule has 36 heavy (non-hydrogen) atoms. The van der Waals surface area contributed by atoms with E-state index in [-0.39, 0.29) is 12.3 Å². The summed E-state index contributed by atoms with van der Waals surface area (Å²) in [5.41, 5.74) is 5.95. The highest BCUT2D eigenvalue weighted by Gasteiger charge is 2.23. The van der Waals surface area contributed by atoms with Gasteiger partial charge in [-0.05, 0) is 82.0 Å². The molecule has 8 nitrogen and oxygen atoms in total. The summed E-state index contributed by atoms with van der Waals surface area (Å²) in [5, 5.41) is 23.7. The van der Waals surface area contributed by atoms with Gasteiger partial charge >= 0.3 is 0 Å². The predicted octanol–water partition coefficient (Wildman–Crippen LogP) is 5.83. The van der Waals surface area contributed by atoms with Crippen molar-refractivity contribution in [3.05, 3.63) is 65.0 Å². The minimum Gasteiger partial charge on any atom is -0.497 e. The van der Waals surface area contributed by atoms with Crippen molar-refractivity contribution in [1.29, 1.82) is 5.26 Å². The highest BCUT2D eigenvalue weighted by molar-refractivity contribution is 5.94. The first-order chi connectivity index (χ1) is 17.5. The van der Waals surface area contributed by atoms with Crippen LogP contribution in [0, 0.1) is 25.2 Å². The van der Waals surface area contributed by atoms with Gasteiger partial charge in [0.2, 0.25) is 0 Å². The number of rotatable bonds is 6. The highest BCUT2D eigenvalue weighted by atomic mass is 16.5. The van der Waals surface area contributed by atoms with Crippen molar-refractivity contribution >= 4 is 10.9 Å². The van der Waals surface area contributed by atoms with Gasteiger partial charge < -0.3 is 14.2 Å². The zero-order chi connectivity index (χ0) is 25.2. The van der Waals surface area contributed by atoms with Crippen LogP contribution in [-0.2, 0) is 4.74 Å². The van der Waals surface area contributed by atoms with E-state index in [1.807, 2.05) is 55.8 Å². The maximum Gasteiger partial charge on any atom is 0.150 e. The van der Waals surface area contributed by atoms with Crippen LogP contribution in [0.1, 0.15) is 60.9 Å². The first-order valence-electron chi connectivity index (χ1n) is 12.2. The average molecular weight is 484 g/mol. The summed E-state index contributed by atoms with van der Waals surface area (Å²) in [7, 11) is 1.60. The van der Waals surface area contributed by atoms with Crippen LogP contribution in [0.2, 0.25) is 0 Å². The molecule has 1 saturated heterocycles. The van der Waals surface area contributed by atoms with Crippen molar-refractivity contribution in [3.63, 3.8) is 0 Å². The Morgan fingerprint density at radius 1 is 1.14 bits per heavy atom. The normalized spacial score (nSPS) is 16.5. The summed E-state index contributed by atoms with van der Waals surface area (Å²) in [5.74, 6) is 1.33. The third-order valence-corrected chi connectivity index (χ3v) is 6.64. The summed E-state index contributed by atoms with van der Waals surface area (Å²) >= 11 is 0. The Bertz CT molecular complexity index is 1430. The minimum atomic E-state index is -0.208. The summed E-state index contributed by atoms with van der Waals surface area (Å²) < 4.78 is 19.9. The second-order valence-corrected chi connectivity index (χ2v) is 9.14. The number of fused-ring (bicyclic) bond motifs is 1. The van der Waals surface area contributed by atoms with Gasteiger partial charge in [-0.2, -0.15) is 20.6 Å². The lowest BCUT2D eigenvalue weighted by molar-refractivity contribution is -0.0365. The van der Waals surface area contributed by atoms with E-state index in [2.05, 4.69) is 16.3 Å². The van der Waals surface area contributed by atoms with Crippen LogP contribution in [-0.4, -0.2) is 33.7 Å². The van der Waals surface area contributed by atoms with E-state index < -0.39 is 0 Å². The van der Waals surface area contributed by atoms with Crippen molar-refractivity contribution in [2.75, 3.05) is 13.7 Å². The number of aromatic nitrogens is 4. The standard InChI is InChI=1S/C28H29N5O3/c1-17-16-30-31-18(2)27(17)19(3)36-22-8-9-25-24(14-22)28(32-33(25)26-7-5-6-10-35-26)21-11-20(15-29)12-23(13-21)34-4/h8-9,11-14,16,19,26H,5-7,10H2,1-4H3/t19-,26?/m0/s1. The molecular formula is C28H29N5O3. The average Bonchev–Trinajstić information content (AvgIpc) is 3.27. The zero-order valence-corrected chi connectivity index (χ0v) is 21.0. The highest BCUT2D eigenvalue weighted by Crippen LogP contribution is 2.37. The predicted molar refractivity (Wildman–Crippen MR) is 136 cm³/mol. The largest absolute Gasteiger partial charge is 0.497 e. The lowest BCUT2D eigenvalue weighted by Crippen LogP contribution is -2.19. The second kappa shape index (κ2) is 9.96. The van der Waals surface area contributed by atoms with Gasteiger partial charge in [-0.15, -0.1) is 0 Å². The van der Waals surface area contributed by atoms with E-state index in [4.69, 9.17) is 19.3 Å². The number of ether oxygens (including phenoxy) is 3. The zero-order valence-electron chi connectivity index (χ0n) is 21.0. The van der Waals surface area contributed by atoms with Gasteiger partial charge in [0.15, 0.2) is 6.23 Å². The summed E-state index contributed by atoms with van der Waals surface area (Å²) in [6.45, 7) is 6.70. The van der Waals surface area contributed by atoms with Crippen LogP contribution >= 0.6 is 0 Å².